The number of fused-ring (bicyclic) bond motifs is 2. The van der Waals surface area contributed by atoms with Crippen molar-refractivity contribution in [2.24, 2.45) is 5.41 Å². The van der Waals surface area contributed by atoms with E-state index in [1.165, 1.54) is 23.1 Å². The minimum atomic E-state index is -5.86. The van der Waals surface area contributed by atoms with E-state index < -0.39 is 95.9 Å². The van der Waals surface area contributed by atoms with Gasteiger partial charge < -0.3 is 39.7 Å². The van der Waals surface area contributed by atoms with Crippen molar-refractivity contribution >= 4 is 76.3 Å². The number of piperidine rings is 1. The Kier molecular flexibility index (Phi) is 16.7. The Labute approximate surface area is 440 Å². The van der Waals surface area contributed by atoms with E-state index in [4.69, 9.17) is 9.47 Å². The number of nitrogens with zero attached hydrogens (tertiary/aromatic N) is 3. The van der Waals surface area contributed by atoms with Crippen molar-refractivity contribution < 1.29 is 71.0 Å². The molecule has 76 heavy (non-hydrogen) atoms. The van der Waals surface area contributed by atoms with Crippen molar-refractivity contribution in [2.45, 2.75) is 102 Å². The van der Waals surface area contributed by atoms with Crippen LogP contribution in [-0.2, 0) is 43.7 Å². The van der Waals surface area contributed by atoms with E-state index in [9.17, 15) is 61.5 Å². The molecule has 4 aliphatic rings. The van der Waals surface area contributed by atoms with Gasteiger partial charge in [-0.05, 0) is 66.0 Å². The maximum absolute atomic E-state index is 14.8. The van der Waals surface area contributed by atoms with Crippen LogP contribution < -0.4 is 16.0 Å². The van der Waals surface area contributed by atoms with Crippen LogP contribution in [-0.4, -0.2) is 135 Å². The largest absolute Gasteiger partial charge is 0.399 e. The normalized spacial score (nSPS) is 20.5. The lowest BCUT2D eigenvalue weighted by molar-refractivity contribution is -0.150. The molecule has 5 heterocycles. The predicted molar refractivity (Wildman–Crippen MR) is 272 cm³/mol. The Morgan fingerprint density at radius 1 is 0.961 bits per heavy atom. The number of likely N-dealkylation sites (tertiary alicyclic amines) is 1. The molecule has 8 amide bonds. The molecule has 23 heteroatoms. The van der Waals surface area contributed by atoms with E-state index in [0.717, 1.165) is 33.9 Å². The molecule has 2 unspecified atom stereocenters. The molecule has 0 spiro atoms. The van der Waals surface area contributed by atoms with E-state index in [1.807, 2.05) is 30.3 Å². The molecule has 3 fully saturated rings. The van der Waals surface area contributed by atoms with Crippen LogP contribution in [0.3, 0.4) is 0 Å². The number of nitrogens with one attached hydrogen (secondary N) is 3. The molecule has 0 bridgehead atoms. The molecule has 19 nitrogen and oxygen atoms in total. The van der Waals surface area contributed by atoms with Crippen molar-refractivity contribution in [3.8, 4) is 11.8 Å². The van der Waals surface area contributed by atoms with Gasteiger partial charge in [0, 0.05) is 54.7 Å². The smallest absolute Gasteiger partial charge is 0.370 e. The lowest BCUT2D eigenvalue weighted by Gasteiger charge is -2.38. The first kappa shape index (κ1) is 55.5. The standard InChI is InChI=1S/C53H57F2N6O13PS/c1-52(2,3)45(58-47(65)41-26-33-25-34(18-20-40(33)76-41)53(54,55)75(70,71)72)51(69)60-28-35(27-38(60)49(67)59-23-24-73-39(29-59)31-13-9-7-10-14-31)74-30-43(63)56-22-11-6-4-5-8-15-32-16-12-17-36-44(32)50(68)61(48(36)66)37-19-21-42(62)57-46(37)64/h7,9-10,12-14,16-18,20,25-26,35,37-39,45H,4-6,11,19,21-24,27-30H2,1-3H3,(H,56,63)(H,58,65)(H,57,62,64)(H2,70,71,72)/t35-,37?,38-,39?,45+/m0/s1. The van der Waals surface area contributed by atoms with Gasteiger partial charge in [0.05, 0.1) is 35.3 Å². The summed E-state index contributed by atoms with van der Waals surface area (Å²) in [5.74, 6) is 1.51. The minimum Gasteiger partial charge on any atom is -0.370 e. The van der Waals surface area contributed by atoms with Crippen LogP contribution >= 0.6 is 18.9 Å². The number of halogens is 2. The van der Waals surface area contributed by atoms with E-state index in [0.29, 0.717) is 42.5 Å². The van der Waals surface area contributed by atoms with Crippen LogP contribution in [0.15, 0.2) is 72.8 Å². The number of benzene rings is 3. The maximum Gasteiger partial charge on any atom is 0.399 e. The van der Waals surface area contributed by atoms with Crippen molar-refractivity contribution in [3.05, 3.63) is 105 Å². The highest BCUT2D eigenvalue weighted by Gasteiger charge is 2.51. The van der Waals surface area contributed by atoms with E-state index in [-0.39, 0.29) is 79.4 Å². The quantitative estimate of drug-likeness (QED) is 0.0430. The summed E-state index contributed by atoms with van der Waals surface area (Å²) in [5.41, 5.74) is -4.85. The zero-order chi connectivity index (χ0) is 54.7. The Morgan fingerprint density at radius 3 is 2.45 bits per heavy atom. The highest BCUT2D eigenvalue weighted by Crippen LogP contribution is 2.59. The number of alkyl halides is 2. The van der Waals surface area contributed by atoms with Crippen LogP contribution in [0.25, 0.3) is 10.1 Å². The number of unbranched alkanes of at least 4 members (excludes halogenated alkanes) is 3. The number of morpholine rings is 1. The molecular formula is C53H57F2N6O13PS. The highest BCUT2D eigenvalue weighted by atomic mass is 32.1. The first-order chi connectivity index (χ1) is 36.0. The Hall–Kier alpha value is -6.73. The summed E-state index contributed by atoms with van der Waals surface area (Å²) in [6.07, 6.45) is 1.31. The molecule has 3 aromatic carbocycles. The van der Waals surface area contributed by atoms with Crippen LogP contribution in [0, 0.1) is 17.3 Å². The summed E-state index contributed by atoms with van der Waals surface area (Å²) in [6, 6.07) is 15.1. The summed E-state index contributed by atoms with van der Waals surface area (Å²) >= 11 is 0.932. The summed E-state index contributed by atoms with van der Waals surface area (Å²) in [5, 5.41) is 7.94. The molecule has 4 aromatic rings. The predicted octanol–water partition coefficient (Wildman–Crippen LogP) is 4.99. The van der Waals surface area contributed by atoms with Gasteiger partial charge in [0.1, 0.15) is 30.8 Å². The Bertz CT molecular complexity index is 3080. The topological polar surface area (TPSA) is 258 Å². The van der Waals surface area contributed by atoms with Crippen LogP contribution in [0.2, 0.25) is 0 Å². The maximum atomic E-state index is 14.8. The average Bonchev–Trinajstić information content (AvgIpc) is 4.09. The van der Waals surface area contributed by atoms with Crippen molar-refractivity contribution in [1.29, 1.82) is 0 Å². The van der Waals surface area contributed by atoms with E-state index in [2.05, 4.69) is 27.8 Å². The zero-order valence-electron chi connectivity index (χ0n) is 41.8. The molecule has 0 radical (unpaired) electrons. The second-order valence-electron chi connectivity index (χ2n) is 20.1. The SMILES string of the molecule is CC(C)(C)[C@H](NC(=O)c1cc2cc(C(F)(F)P(=O)(O)O)ccc2s1)C(=O)N1C[C@@H](OCC(=O)NCCCCCC#Cc2cccc3c2C(=O)N(C2CCC(=O)NC2=O)C3=O)C[C@H]1C(=O)N1CCOC(c2ccccc2)C1. The lowest BCUT2D eigenvalue weighted by atomic mass is 9.85. The van der Waals surface area contributed by atoms with Gasteiger partial charge in [0.15, 0.2) is 0 Å². The molecule has 5 N–H and O–H groups in total. The third kappa shape index (κ3) is 12.1. The number of carbonyl (C=O) groups excluding carboxylic acids is 8. The molecule has 5 atom stereocenters. The van der Waals surface area contributed by atoms with Crippen molar-refractivity contribution in [1.82, 2.24) is 30.7 Å². The number of ether oxygens (including phenoxy) is 2. The van der Waals surface area contributed by atoms with E-state index >= 15 is 0 Å². The number of thiophene rings is 1. The lowest BCUT2D eigenvalue weighted by Crippen LogP contribution is -2.58. The van der Waals surface area contributed by atoms with Gasteiger partial charge in [-0.3, -0.25) is 53.1 Å². The first-order valence-electron chi connectivity index (χ1n) is 24.8. The second-order valence-corrected chi connectivity index (χ2v) is 22.8. The van der Waals surface area contributed by atoms with Gasteiger partial charge in [0.25, 0.3) is 17.7 Å². The molecule has 3 saturated heterocycles. The highest BCUT2D eigenvalue weighted by molar-refractivity contribution is 7.52. The number of hydrogen-bond acceptors (Lipinski definition) is 12. The van der Waals surface area contributed by atoms with Gasteiger partial charge in [-0.1, -0.05) is 81.5 Å². The summed E-state index contributed by atoms with van der Waals surface area (Å²) in [4.78, 5) is 129. The molecule has 0 saturated carbocycles. The number of carbonyl (C=O) groups is 8. The fraction of sp³-hybridized carbons (Fsp3) is 0.434. The molecule has 8 rings (SSSR count). The third-order valence-corrected chi connectivity index (χ3v) is 15.8. The van der Waals surface area contributed by atoms with Crippen LogP contribution in [0.1, 0.15) is 119 Å². The molecule has 4 aliphatic heterocycles. The van der Waals surface area contributed by atoms with Gasteiger partial charge >= 0.3 is 13.3 Å². The minimum absolute atomic E-state index is 0.00781. The zero-order valence-corrected chi connectivity index (χ0v) is 43.6. The molecule has 0 aliphatic carbocycles. The second kappa shape index (κ2) is 22.9. The van der Waals surface area contributed by atoms with Crippen molar-refractivity contribution in [3.63, 3.8) is 0 Å². The van der Waals surface area contributed by atoms with E-state index in [1.54, 1.807) is 37.8 Å². The van der Waals surface area contributed by atoms with Crippen molar-refractivity contribution in [2.75, 3.05) is 39.4 Å². The van der Waals surface area contributed by atoms with Gasteiger partial charge in [-0.2, -0.15) is 8.78 Å². The van der Waals surface area contributed by atoms with Gasteiger partial charge in [0.2, 0.25) is 29.5 Å². The average molecular weight is 1090 g/mol. The summed E-state index contributed by atoms with van der Waals surface area (Å²) in [7, 11) is -5.86. The number of amides is 8. The Balaban J connectivity index is 0.872. The monoisotopic (exact) mass is 1090 g/mol. The number of rotatable bonds is 16. The fourth-order valence-electron chi connectivity index (χ4n) is 9.62. The Morgan fingerprint density at radius 2 is 1.72 bits per heavy atom. The summed E-state index contributed by atoms with van der Waals surface area (Å²) < 4.78 is 53.2. The van der Waals surface area contributed by atoms with Crippen LogP contribution in [0.5, 0.6) is 0 Å². The first-order valence-corrected chi connectivity index (χ1v) is 27.2. The number of hydrogen-bond donors (Lipinski definition) is 5. The number of imide groups is 2. The van der Waals surface area contributed by atoms with Crippen LogP contribution in [0.4, 0.5) is 8.78 Å². The molecular weight excluding hydrogens is 1030 g/mol. The fourth-order valence-corrected chi connectivity index (χ4v) is 11.0. The van der Waals surface area contributed by atoms with Gasteiger partial charge in [-0.15, -0.1) is 11.3 Å². The molecule has 1 aromatic heterocycles. The molecule has 402 valence electrons. The third-order valence-electron chi connectivity index (χ3n) is 13.7. The summed E-state index contributed by atoms with van der Waals surface area (Å²) in [6.45, 7) is 5.74. The van der Waals surface area contributed by atoms with Gasteiger partial charge in [-0.25, -0.2) is 0 Å².